The summed E-state index contributed by atoms with van der Waals surface area (Å²) in [5, 5.41) is 12.5. The summed E-state index contributed by atoms with van der Waals surface area (Å²) >= 11 is 0. The molecule has 1 aliphatic rings. The number of nitrogens with zero attached hydrogens (tertiary/aromatic N) is 1. The van der Waals surface area contributed by atoms with Crippen LogP contribution in [0.3, 0.4) is 0 Å². The number of carbonyl (C=O) groups excluding carboxylic acids is 1. The van der Waals surface area contributed by atoms with Gasteiger partial charge in [0.05, 0.1) is 6.54 Å². The average molecular weight is 276 g/mol. The lowest BCUT2D eigenvalue weighted by Gasteiger charge is -2.27. The zero-order chi connectivity index (χ0) is 14.4. The molecule has 20 heavy (non-hydrogen) atoms. The van der Waals surface area contributed by atoms with E-state index in [1.54, 1.807) is 12.1 Å². The molecule has 1 heterocycles. The summed E-state index contributed by atoms with van der Waals surface area (Å²) in [5.41, 5.74) is 1.16. The minimum absolute atomic E-state index is 0.210. The molecule has 1 aromatic rings. The Balaban J connectivity index is 1.72. The van der Waals surface area contributed by atoms with Crippen LogP contribution < -0.4 is 5.32 Å². The van der Waals surface area contributed by atoms with E-state index >= 15 is 0 Å². The van der Waals surface area contributed by atoms with E-state index in [-0.39, 0.29) is 17.7 Å². The van der Waals surface area contributed by atoms with E-state index in [1.807, 2.05) is 17.0 Å². The van der Waals surface area contributed by atoms with Gasteiger partial charge in [-0.1, -0.05) is 12.1 Å². The van der Waals surface area contributed by atoms with Gasteiger partial charge in [-0.15, -0.1) is 0 Å². The number of hydrogen-bond donors (Lipinski definition) is 2. The van der Waals surface area contributed by atoms with E-state index in [9.17, 15) is 9.90 Å². The SMILES string of the molecule is CC(Cc1ccc(O)cc1)NCC(=O)N1CCCCC1. The molecular weight excluding hydrogens is 252 g/mol. The number of benzene rings is 1. The zero-order valence-electron chi connectivity index (χ0n) is 12.1. The molecule has 1 atom stereocenters. The second-order valence-corrected chi connectivity index (χ2v) is 5.59. The molecule has 0 bridgehead atoms. The van der Waals surface area contributed by atoms with E-state index in [0.717, 1.165) is 37.9 Å². The van der Waals surface area contributed by atoms with Crippen LogP contribution in [0.15, 0.2) is 24.3 Å². The van der Waals surface area contributed by atoms with Gasteiger partial charge in [-0.25, -0.2) is 0 Å². The lowest BCUT2D eigenvalue weighted by molar-refractivity contribution is -0.131. The Labute approximate surface area is 120 Å². The van der Waals surface area contributed by atoms with Crippen LogP contribution in [0.4, 0.5) is 0 Å². The maximum atomic E-state index is 12.0. The van der Waals surface area contributed by atoms with Crippen molar-refractivity contribution >= 4 is 5.91 Å². The van der Waals surface area contributed by atoms with Gasteiger partial charge in [0, 0.05) is 19.1 Å². The minimum Gasteiger partial charge on any atom is -0.508 e. The first kappa shape index (κ1) is 14.9. The van der Waals surface area contributed by atoms with E-state index < -0.39 is 0 Å². The molecule has 1 unspecified atom stereocenters. The third kappa shape index (κ3) is 4.53. The lowest BCUT2D eigenvalue weighted by atomic mass is 10.1. The van der Waals surface area contributed by atoms with Crippen molar-refractivity contribution in [3.63, 3.8) is 0 Å². The largest absolute Gasteiger partial charge is 0.508 e. The van der Waals surface area contributed by atoms with Gasteiger partial charge in [0.1, 0.15) is 5.75 Å². The number of piperidine rings is 1. The first-order chi connectivity index (χ1) is 9.65. The fourth-order valence-electron chi connectivity index (χ4n) is 2.57. The van der Waals surface area contributed by atoms with Crippen LogP contribution in [-0.2, 0) is 11.2 Å². The van der Waals surface area contributed by atoms with Gasteiger partial charge in [-0.2, -0.15) is 0 Å². The number of nitrogens with one attached hydrogen (secondary N) is 1. The predicted molar refractivity (Wildman–Crippen MR) is 79.7 cm³/mol. The van der Waals surface area contributed by atoms with E-state index in [0.29, 0.717) is 6.54 Å². The third-order valence-corrected chi connectivity index (χ3v) is 3.79. The van der Waals surface area contributed by atoms with Gasteiger partial charge in [0.2, 0.25) is 5.91 Å². The Bertz CT molecular complexity index is 425. The summed E-state index contributed by atoms with van der Waals surface area (Å²) in [5.74, 6) is 0.497. The van der Waals surface area contributed by atoms with Gasteiger partial charge in [-0.05, 0) is 50.3 Å². The average Bonchev–Trinajstić information content (AvgIpc) is 2.48. The van der Waals surface area contributed by atoms with Crippen LogP contribution in [0, 0.1) is 0 Å². The van der Waals surface area contributed by atoms with Crippen LogP contribution in [0.2, 0.25) is 0 Å². The molecule has 1 aliphatic heterocycles. The Morgan fingerprint density at radius 3 is 2.55 bits per heavy atom. The first-order valence-electron chi connectivity index (χ1n) is 7.44. The van der Waals surface area contributed by atoms with Crippen molar-refractivity contribution in [3.8, 4) is 5.75 Å². The third-order valence-electron chi connectivity index (χ3n) is 3.79. The molecule has 0 saturated carbocycles. The second-order valence-electron chi connectivity index (χ2n) is 5.59. The Morgan fingerprint density at radius 2 is 1.90 bits per heavy atom. The standard InChI is InChI=1S/C16H24N2O2/c1-13(11-14-5-7-15(19)8-6-14)17-12-16(20)18-9-3-2-4-10-18/h5-8,13,17,19H,2-4,9-12H2,1H3. The fraction of sp³-hybridized carbons (Fsp3) is 0.562. The molecule has 1 amide bonds. The van der Waals surface area contributed by atoms with Gasteiger partial charge in [0.25, 0.3) is 0 Å². The lowest BCUT2D eigenvalue weighted by Crippen LogP contribution is -2.43. The van der Waals surface area contributed by atoms with Gasteiger partial charge < -0.3 is 15.3 Å². The Hall–Kier alpha value is -1.55. The molecular formula is C16H24N2O2. The molecule has 1 saturated heterocycles. The molecule has 2 N–H and O–H groups in total. The van der Waals surface area contributed by atoms with Gasteiger partial charge in [-0.3, -0.25) is 4.79 Å². The fourth-order valence-corrected chi connectivity index (χ4v) is 2.57. The van der Waals surface area contributed by atoms with Crippen molar-refractivity contribution in [2.75, 3.05) is 19.6 Å². The van der Waals surface area contributed by atoms with Crippen molar-refractivity contribution < 1.29 is 9.90 Å². The molecule has 1 fully saturated rings. The summed E-state index contributed by atoms with van der Waals surface area (Å²) in [6, 6.07) is 7.47. The number of carbonyl (C=O) groups is 1. The number of phenols is 1. The van der Waals surface area contributed by atoms with Crippen LogP contribution in [-0.4, -0.2) is 41.6 Å². The molecule has 4 heteroatoms. The van der Waals surface area contributed by atoms with Crippen molar-refractivity contribution in [1.29, 1.82) is 0 Å². The summed E-state index contributed by atoms with van der Waals surface area (Å²) in [4.78, 5) is 14.0. The predicted octanol–water partition coefficient (Wildman–Crippen LogP) is 1.93. The zero-order valence-corrected chi connectivity index (χ0v) is 12.1. The molecule has 4 nitrogen and oxygen atoms in total. The normalized spacial score (nSPS) is 16.9. The smallest absolute Gasteiger partial charge is 0.236 e. The topological polar surface area (TPSA) is 52.6 Å². The molecule has 110 valence electrons. The monoisotopic (exact) mass is 276 g/mol. The maximum absolute atomic E-state index is 12.0. The highest BCUT2D eigenvalue weighted by molar-refractivity contribution is 5.78. The van der Waals surface area contributed by atoms with E-state index in [4.69, 9.17) is 0 Å². The maximum Gasteiger partial charge on any atom is 0.236 e. The van der Waals surface area contributed by atoms with Gasteiger partial charge >= 0.3 is 0 Å². The second kappa shape index (κ2) is 7.29. The van der Waals surface area contributed by atoms with Gasteiger partial charge in [0.15, 0.2) is 0 Å². The molecule has 0 aliphatic carbocycles. The Kier molecular flexibility index (Phi) is 5.41. The molecule has 1 aromatic carbocycles. The van der Waals surface area contributed by atoms with Crippen LogP contribution in [0.5, 0.6) is 5.75 Å². The van der Waals surface area contributed by atoms with Crippen LogP contribution in [0.1, 0.15) is 31.7 Å². The Morgan fingerprint density at radius 1 is 1.25 bits per heavy atom. The number of rotatable bonds is 5. The highest BCUT2D eigenvalue weighted by Gasteiger charge is 2.16. The quantitative estimate of drug-likeness (QED) is 0.864. The van der Waals surface area contributed by atoms with Crippen LogP contribution >= 0.6 is 0 Å². The number of hydrogen-bond acceptors (Lipinski definition) is 3. The summed E-state index contributed by atoms with van der Waals surface area (Å²) in [7, 11) is 0. The highest BCUT2D eigenvalue weighted by atomic mass is 16.3. The molecule has 2 rings (SSSR count). The summed E-state index contributed by atoms with van der Waals surface area (Å²) in [6.45, 7) is 4.31. The van der Waals surface area contributed by atoms with Crippen molar-refractivity contribution in [3.05, 3.63) is 29.8 Å². The number of aromatic hydroxyl groups is 1. The summed E-state index contributed by atoms with van der Waals surface area (Å²) < 4.78 is 0. The first-order valence-corrected chi connectivity index (χ1v) is 7.44. The van der Waals surface area contributed by atoms with Crippen LogP contribution in [0.25, 0.3) is 0 Å². The van der Waals surface area contributed by atoms with Crippen molar-refractivity contribution in [2.45, 2.75) is 38.6 Å². The van der Waals surface area contributed by atoms with Crippen molar-refractivity contribution in [2.24, 2.45) is 0 Å². The number of likely N-dealkylation sites (tertiary alicyclic amines) is 1. The molecule has 0 aromatic heterocycles. The summed E-state index contributed by atoms with van der Waals surface area (Å²) in [6.07, 6.45) is 4.37. The highest BCUT2D eigenvalue weighted by Crippen LogP contribution is 2.11. The number of amides is 1. The van der Waals surface area contributed by atoms with E-state index in [1.165, 1.54) is 6.42 Å². The van der Waals surface area contributed by atoms with E-state index in [2.05, 4.69) is 12.2 Å². The minimum atomic E-state index is 0.210. The molecule has 0 spiro atoms. The number of phenolic OH excluding ortho intramolecular Hbond substituents is 1. The molecule has 0 radical (unpaired) electrons. The van der Waals surface area contributed by atoms with Crippen molar-refractivity contribution in [1.82, 2.24) is 10.2 Å².